The van der Waals surface area contributed by atoms with E-state index in [0.29, 0.717) is 13.0 Å². The molecule has 81 valence electrons. The summed E-state index contributed by atoms with van der Waals surface area (Å²) in [5.41, 5.74) is 0.824. The first kappa shape index (κ1) is 12.3. The summed E-state index contributed by atoms with van der Waals surface area (Å²) in [7, 11) is 1.69. The maximum absolute atomic E-state index is 11.5. The Hall–Kier alpha value is -0.780. The van der Waals surface area contributed by atoms with Crippen LogP contribution in [-0.4, -0.2) is 19.7 Å². The van der Waals surface area contributed by atoms with Gasteiger partial charge in [0.2, 0.25) is 0 Å². The standard InChI is InChI=1S/C11H13INO2/c1-3-8-15-11(14)13(2)10-6-4-9(12)5-7-10/h4-7H,1,3,8H2,2H3. The summed E-state index contributed by atoms with van der Waals surface area (Å²) >= 11 is 2.22. The molecule has 15 heavy (non-hydrogen) atoms. The quantitative estimate of drug-likeness (QED) is 0.802. The van der Waals surface area contributed by atoms with Crippen molar-refractivity contribution in [3.8, 4) is 0 Å². The van der Waals surface area contributed by atoms with E-state index in [9.17, 15) is 4.79 Å². The molecule has 0 aliphatic rings. The van der Waals surface area contributed by atoms with Crippen LogP contribution in [0.4, 0.5) is 10.5 Å². The molecule has 0 aromatic heterocycles. The number of hydrogen-bond donors (Lipinski definition) is 0. The Morgan fingerprint density at radius 3 is 2.60 bits per heavy atom. The molecule has 0 aliphatic carbocycles. The van der Waals surface area contributed by atoms with Crippen molar-refractivity contribution in [3.05, 3.63) is 34.8 Å². The Kier molecular flexibility index (Phi) is 4.87. The smallest absolute Gasteiger partial charge is 0.414 e. The van der Waals surface area contributed by atoms with E-state index in [1.807, 2.05) is 24.3 Å². The van der Waals surface area contributed by atoms with Crippen molar-refractivity contribution in [2.75, 3.05) is 18.6 Å². The SMILES string of the molecule is [CH2]CCOC(=O)N(C)c1ccc(I)cc1. The molecule has 0 spiro atoms. The first-order chi connectivity index (χ1) is 7.15. The number of hydrogen-bond acceptors (Lipinski definition) is 2. The predicted octanol–water partition coefficient (Wildman–Crippen LogP) is 3.09. The number of benzene rings is 1. The summed E-state index contributed by atoms with van der Waals surface area (Å²) in [6.07, 6.45) is 0.242. The fraction of sp³-hybridized carbons (Fsp3) is 0.273. The largest absolute Gasteiger partial charge is 0.449 e. The molecular formula is C11H13INO2. The molecule has 1 radical (unpaired) electrons. The summed E-state index contributed by atoms with van der Waals surface area (Å²) in [5.74, 6) is 0. The lowest BCUT2D eigenvalue weighted by molar-refractivity contribution is 0.157. The van der Waals surface area contributed by atoms with Crippen LogP contribution < -0.4 is 4.90 Å². The van der Waals surface area contributed by atoms with E-state index in [4.69, 9.17) is 4.74 Å². The Morgan fingerprint density at radius 1 is 1.47 bits per heavy atom. The Morgan fingerprint density at radius 2 is 2.07 bits per heavy atom. The summed E-state index contributed by atoms with van der Waals surface area (Å²) in [4.78, 5) is 12.9. The highest BCUT2D eigenvalue weighted by Gasteiger charge is 2.10. The Labute approximate surface area is 104 Å². The van der Waals surface area contributed by atoms with Crippen molar-refractivity contribution >= 4 is 34.4 Å². The molecular weight excluding hydrogens is 305 g/mol. The molecule has 0 heterocycles. The first-order valence-corrected chi connectivity index (χ1v) is 5.68. The third-order valence-electron chi connectivity index (χ3n) is 1.86. The monoisotopic (exact) mass is 318 g/mol. The van der Waals surface area contributed by atoms with Gasteiger partial charge in [-0.15, -0.1) is 0 Å². The van der Waals surface area contributed by atoms with Gasteiger partial charge in [0.05, 0.1) is 6.61 Å². The van der Waals surface area contributed by atoms with E-state index in [1.54, 1.807) is 7.05 Å². The second-order valence-electron chi connectivity index (χ2n) is 3.00. The van der Waals surface area contributed by atoms with Gasteiger partial charge in [-0.2, -0.15) is 0 Å². The molecule has 0 bridgehead atoms. The molecule has 0 aliphatic heterocycles. The van der Waals surface area contributed by atoms with E-state index in [0.717, 1.165) is 9.26 Å². The van der Waals surface area contributed by atoms with Crippen LogP contribution in [0.2, 0.25) is 0 Å². The Bertz CT molecular complexity index is 324. The second kappa shape index (κ2) is 5.95. The molecule has 4 heteroatoms. The van der Waals surface area contributed by atoms with Crippen LogP contribution in [0.15, 0.2) is 24.3 Å². The summed E-state index contributed by atoms with van der Waals surface area (Å²) < 4.78 is 6.10. The number of rotatable bonds is 3. The summed E-state index contributed by atoms with van der Waals surface area (Å²) in [5, 5.41) is 0. The minimum Gasteiger partial charge on any atom is -0.449 e. The van der Waals surface area contributed by atoms with Crippen molar-refractivity contribution in [2.24, 2.45) is 0 Å². The minimum absolute atomic E-state index is 0.347. The van der Waals surface area contributed by atoms with Gasteiger partial charge < -0.3 is 4.74 Å². The zero-order valence-electron chi connectivity index (χ0n) is 8.57. The van der Waals surface area contributed by atoms with E-state index in [-0.39, 0.29) is 6.09 Å². The molecule has 0 unspecified atom stereocenters. The van der Waals surface area contributed by atoms with Crippen molar-refractivity contribution in [3.63, 3.8) is 0 Å². The van der Waals surface area contributed by atoms with Crippen molar-refractivity contribution in [2.45, 2.75) is 6.42 Å². The molecule has 1 aromatic rings. The normalized spacial score (nSPS) is 9.80. The van der Waals surface area contributed by atoms with Crippen LogP contribution in [0.25, 0.3) is 0 Å². The lowest BCUT2D eigenvalue weighted by Crippen LogP contribution is -2.27. The number of ether oxygens (including phenoxy) is 1. The van der Waals surface area contributed by atoms with Gasteiger partial charge >= 0.3 is 6.09 Å². The highest BCUT2D eigenvalue weighted by Crippen LogP contribution is 2.15. The van der Waals surface area contributed by atoms with Crippen molar-refractivity contribution in [1.82, 2.24) is 0 Å². The van der Waals surface area contributed by atoms with Gasteiger partial charge in [0.1, 0.15) is 0 Å². The number of carbonyl (C=O) groups excluding carboxylic acids is 1. The van der Waals surface area contributed by atoms with E-state index in [2.05, 4.69) is 29.5 Å². The number of halogens is 1. The maximum atomic E-state index is 11.5. The number of anilines is 1. The minimum atomic E-state index is -0.347. The molecule has 1 amide bonds. The lowest BCUT2D eigenvalue weighted by atomic mass is 10.3. The van der Waals surface area contributed by atoms with Crippen LogP contribution in [0.1, 0.15) is 6.42 Å². The van der Waals surface area contributed by atoms with Crippen LogP contribution in [0.3, 0.4) is 0 Å². The molecule has 1 aromatic carbocycles. The van der Waals surface area contributed by atoms with Gasteiger partial charge in [0.15, 0.2) is 0 Å². The van der Waals surface area contributed by atoms with Crippen LogP contribution in [0, 0.1) is 10.5 Å². The molecule has 0 N–H and O–H groups in total. The molecule has 1 rings (SSSR count). The first-order valence-electron chi connectivity index (χ1n) is 4.60. The van der Waals surface area contributed by atoms with Gasteiger partial charge in [0.25, 0.3) is 0 Å². The predicted molar refractivity (Wildman–Crippen MR) is 68.9 cm³/mol. The van der Waals surface area contributed by atoms with E-state index < -0.39 is 0 Å². The molecule has 0 atom stereocenters. The third kappa shape index (κ3) is 3.70. The molecule has 0 saturated carbocycles. The van der Waals surface area contributed by atoms with Crippen LogP contribution in [-0.2, 0) is 4.74 Å². The van der Waals surface area contributed by atoms with Crippen LogP contribution in [0.5, 0.6) is 0 Å². The summed E-state index contributed by atoms with van der Waals surface area (Å²) in [6.45, 7) is 3.96. The molecule has 0 saturated heterocycles. The van der Waals surface area contributed by atoms with E-state index in [1.165, 1.54) is 4.90 Å². The Balaban J connectivity index is 2.63. The van der Waals surface area contributed by atoms with Gasteiger partial charge in [-0.05, 0) is 60.2 Å². The molecule has 0 fully saturated rings. The van der Waals surface area contributed by atoms with Gasteiger partial charge in [-0.1, -0.05) is 0 Å². The highest BCUT2D eigenvalue weighted by molar-refractivity contribution is 14.1. The average Bonchev–Trinajstić information content (AvgIpc) is 2.26. The van der Waals surface area contributed by atoms with Gasteiger partial charge in [-0.3, -0.25) is 4.90 Å². The lowest BCUT2D eigenvalue weighted by Gasteiger charge is -2.16. The number of carbonyl (C=O) groups is 1. The fourth-order valence-corrected chi connectivity index (χ4v) is 1.39. The average molecular weight is 318 g/mol. The van der Waals surface area contributed by atoms with Gasteiger partial charge in [-0.25, -0.2) is 4.79 Å². The number of nitrogens with zero attached hydrogens (tertiary/aromatic N) is 1. The maximum Gasteiger partial charge on any atom is 0.414 e. The highest BCUT2D eigenvalue weighted by atomic mass is 127. The summed E-state index contributed by atoms with van der Waals surface area (Å²) in [6, 6.07) is 7.66. The molecule has 3 nitrogen and oxygen atoms in total. The zero-order valence-corrected chi connectivity index (χ0v) is 10.7. The fourth-order valence-electron chi connectivity index (χ4n) is 1.03. The van der Waals surface area contributed by atoms with Gasteiger partial charge in [0, 0.05) is 16.3 Å². The number of amides is 1. The zero-order chi connectivity index (χ0) is 11.3. The van der Waals surface area contributed by atoms with Crippen molar-refractivity contribution in [1.29, 1.82) is 0 Å². The second-order valence-corrected chi connectivity index (χ2v) is 4.25. The third-order valence-corrected chi connectivity index (χ3v) is 2.58. The topological polar surface area (TPSA) is 29.5 Å². The van der Waals surface area contributed by atoms with Crippen LogP contribution >= 0.6 is 22.6 Å². The van der Waals surface area contributed by atoms with Crippen molar-refractivity contribution < 1.29 is 9.53 Å². The van der Waals surface area contributed by atoms with E-state index >= 15 is 0 Å².